The molecule has 0 bridgehead atoms. The Bertz CT molecular complexity index is 3060. The third kappa shape index (κ3) is 10.5. The highest BCUT2D eigenvalue weighted by Crippen LogP contribution is 2.43. The van der Waals surface area contributed by atoms with Gasteiger partial charge in [-0.2, -0.15) is 10.1 Å². The van der Waals surface area contributed by atoms with Gasteiger partial charge in [0, 0.05) is 87.3 Å². The number of aromatic nitrogens is 6. The molecule has 3 aromatic heterocycles. The fourth-order valence-electron chi connectivity index (χ4n) is 9.27. The van der Waals surface area contributed by atoms with Crippen molar-refractivity contribution in [2.24, 2.45) is 7.05 Å². The first kappa shape index (κ1) is 48.2. The number of anilines is 5. The van der Waals surface area contributed by atoms with Crippen LogP contribution in [-0.2, 0) is 26.0 Å². The molecule has 3 aliphatic heterocycles. The summed E-state index contributed by atoms with van der Waals surface area (Å²) in [6.07, 6.45) is 10.3. The minimum Gasteiger partial charge on any atom is -0.494 e. The summed E-state index contributed by atoms with van der Waals surface area (Å²) in [5.41, 5.74) is 5.71. The number of ether oxygens (including phenoxy) is 1. The van der Waals surface area contributed by atoms with Gasteiger partial charge in [-0.25, -0.2) is 9.37 Å². The molecule has 0 saturated carbocycles. The maximum Gasteiger partial charge on any atom is 0.254 e. The number of halogens is 2. The Morgan fingerprint density at radius 3 is 2.40 bits per heavy atom. The molecular formula is C48H52BrFN13O6P. The molecular weight excluding hydrogens is 984 g/mol. The zero-order chi connectivity index (χ0) is 49.3. The molecule has 6 aromatic rings. The van der Waals surface area contributed by atoms with Gasteiger partial charge in [-0.05, 0) is 103 Å². The molecule has 0 aliphatic carbocycles. The largest absolute Gasteiger partial charge is 0.494 e. The normalized spacial score (nSPS) is 17.1. The highest BCUT2D eigenvalue weighted by molar-refractivity contribution is 9.10. The Morgan fingerprint density at radius 1 is 0.929 bits per heavy atom. The molecule has 0 spiro atoms. The van der Waals surface area contributed by atoms with Gasteiger partial charge in [0.05, 0.1) is 52.1 Å². The van der Waals surface area contributed by atoms with Crippen LogP contribution in [0.1, 0.15) is 47.5 Å². The molecule has 0 radical (unpaired) electrons. The van der Waals surface area contributed by atoms with Crippen LogP contribution < -0.4 is 36.2 Å². The van der Waals surface area contributed by atoms with Gasteiger partial charge in [0.15, 0.2) is 0 Å². The van der Waals surface area contributed by atoms with Gasteiger partial charge in [0.25, 0.3) is 5.91 Å². The Kier molecular flexibility index (Phi) is 13.9. The summed E-state index contributed by atoms with van der Waals surface area (Å²) >= 11 is 3.58. The third-order valence-electron chi connectivity index (χ3n) is 12.9. The van der Waals surface area contributed by atoms with Gasteiger partial charge in [-0.3, -0.25) is 44.0 Å². The van der Waals surface area contributed by atoms with Gasteiger partial charge < -0.3 is 35.1 Å². The van der Waals surface area contributed by atoms with Crippen LogP contribution in [0, 0.1) is 5.82 Å². The lowest BCUT2D eigenvalue weighted by Crippen LogP contribution is -2.52. The molecule has 3 fully saturated rings. The smallest absolute Gasteiger partial charge is 0.254 e. The van der Waals surface area contributed by atoms with E-state index < -0.39 is 36.7 Å². The molecule has 9 rings (SSSR count). The van der Waals surface area contributed by atoms with E-state index in [1.165, 1.54) is 12.1 Å². The number of nitrogens with zero attached hydrogens (tertiary/aromatic N) is 9. The molecule has 19 nitrogen and oxygen atoms in total. The van der Waals surface area contributed by atoms with E-state index in [4.69, 9.17) is 9.72 Å². The minimum absolute atomic E-state index is 0.0485. The summed E-state index contributed by atoms with van der Waals surface area (Å²) in [5.74, 6) is -1.00. The van der Waals surface area contributed by atoms with E-state index in [9.17, 15) is 23.7 Å². The second-order valence-electron chi connectivity index (χ2n) is 18.0. The summed E-state index contributed by atoms with van der Waals surface area (Å²) in [6.45, 7) is 7.21. The van der Waals surface area contributed by atoms with Crippen molar-refractivity contribution < 1.29 is 32.9 Å². The maximum atomic E-state index is 15.2. The summed E-state index contributed by atoms with van der Waals surface area (Å²) in [7, 11) is 0.628. The van der Waals surface area contributed by atoms with Crippen LogP contribution >= 0.6 is 23.1 Å². The molecule has 4 amide bonds. The minimum atomic E-state index is -2.83. The summed E-state index contributed by atoms with van der Waals surface area (Å²) < 4.78 is 37.1. The number of benzene rings is 3. The molecule has 364 valence electrons. The summed E-state index contributed by atoms with van der Waals surface area (Å²) in [4.78, 5) is 74.6. The van der Waals surface area contributed by atoms with Crippen molar-refractivity contribution in [3.05, 3.63) is 94.9 Å². The predicted molar refractivity (Wildman–Crippen MR) is 267 cm³/mol. The molecule has 3 aliphatic rings. The fourth-order valence-corrected chi connectivity index (χ4v) is 11.0. The number of amides is 4. The molecule has 3 saturated heterocycles. The van der Waals surface area contributed by atoms with Crippen molar-refractivity contribution in [2.45, 2.75) is 37.6 Å². The lowest BCUT2D eigenvalue weighted by atomic mass is 9.88. The topological polar surface area (TPSA) is 222 Å². The van der Waals surface area contributed by atoms with Crippen LogP contribution in [-0.4, -0.2) is 135 Å². The second-order valence-corrected chi connectivity index (χ2v) is 22.0. The van der Waals surface area contributed by atoms with E-state index >= 15 is 4.39 Å². The van der Waals surface area contributed by atoms with Crippen LogP contribution in [0.5, 0.6) is 5.75 Å². The molecule has 70 heavy (non-hydrogen) atoms. The number of hydrogen-bond acceptors (Lipinski definition) is 15. The molecule has 22 heteroatoms. The average molecular weight is 1040 g/mol. The van der Waals surface area contributed by atoms with E-state index in [0.717, 1.165) is 35.2 Å². The number of imide groups is 1. The first-order valence-corrected chi connectivity index (χ1v) is 26.3. The Hall–Kier alpha value is -6.83. The summed E-state index contributed by atoms with van der Waals surface area (Å²) in [5, 5.41) is 16.5. The Labute approximate surface area is 411 Å². The number of aryl methyl sites for hydroxylation is 1. The highest BCUT2D eigenvalue weighted by Gasteiger charge is 2.31. The molecule has 1 unspecified atom stereocenters. The number of piperazine rings is 1. The number of fused-ring (bicyclic) bond motifs is 1. The van der Waals surface area contributed by atoms with Crippen LogP contribution in [0.4, 0.5) is 33.2 Å². The number of nitrogens with one attached hydrogen (secondary N) is 4. The van der Waals surface area contributed by atoms with Gasteiger partial charge >= 0.3 is 0 Å². The van der Waals surface area contributed by atoms with Gasteiger partial charge in [-0.15, -0.1) is 0 Å². The lowest BCUT2D eigenvalue weighted by Gasteiger charge is -2.39. The van der Waals surface area contributed by atoms with Crippen molar-refractivity contribution >= 4 is 91.9 Å². The van der Waals surface area contributed by atoms with Crippen molar-refractivity contribution in [1.82, 2.24) is 50.1 Å². The number of hydrogen-bond donors (Lipinski definition) is 4. The molecule has 1 atom stereocenters. The zero-order valence-electron chi connectivity index (χ0n) is 39.0. The molecule has 6 heterocycles. The zero-order valence-corrected chi connectivity index (χ0v) is 41.5. The quantitative estimate of drug-likeness (QED) is 0.0826. The first-order chi connectivity index (χ1) is 33.6. The highest BCUT2D eigenvalue weighted by atomic mass is 79.9. The first-order valence-electron chi connectivity index (χ1n) is 22.9. The van der Waals surface area contributed by atoms with Gasteiger partial charge in [0.1, 0.15) is 36.1 Å². The van der Waals surface area contributed by atoms with Gasteiger partial charge in [0.2, 0.25) is 23.7 Å². The number of rotatable bonds is 13. The Balaban J connectivity index is 0.837. The molecule has 3 aromatic carbocycles. The van der Waals surface area contributed by atoms with Crippen molar-refractivity contribution in [3.8, 4) is 16.9 Å². The van der Waals surface area contributed by atoms with Crippen molar-refractivity contribution in [1.29, 1.82) is 0 Å². The van der Waals surface area contributed by atoms with Gasteiger partial charge in [-0.1, -0.05) is 6.07 Å². The van der Waals surface area contributed by atoms with E-state index in [-0.39, 0.29) is 42.7 Å². The lowest BCUT2D eigenvalue weighted by molar-refractivity contribution is -0.135. The number of carbonyl (C=O) groups is 4. The molecule has 4 N–H and O–H groups in total. The van der Waals surface area contributed by atoms with E-state index in [0.29, 0.717) is 83.0 Å². The van der Waals surface area contributed by atoms with Crippen molar-refractivity contribution in [3.63, 3.8) is 0 Å². The SMILES string of the molecule is COc1cc(N2CCN(C(=O)CN3CCC(c4ccc(C(=O)NC5CCC(=O)NC5=O)c(F)c4)CC3)CC2)c(-c2cnn(C)c2)cc1Nc1ncc(Br)c(Nc2ccc3nccnc3c2P(C)(C)=O)n1. The average Bonchev–Trinajstić information content (AvgIpc) is 3.78. The third-order valence-corrected chi connectivity index (χ3v) is 15.0. The van der Waals surface area contributed by atoms with E-state index in [1.54, 1.807) is 56.0 Å². The number of piperidine rings is 2. The van der Waals surface area contributed by atoms with Crippen LogP contribution in [0.15, 0.2) is 77.9 Å². The van der Waals surface area contributed by atoms with Crippen LogP contribution in [0.2, 0.25) is 0 Å². The maximum absolute atomic E-state index is 15.2. The summed E-state index contributed by atoms with van der Waals surface area (Å²) in [6, 6.07) is 11.3. The van der Waals surface area contributed by atoms with Crippen LogP contribution in [0.3, 0.4) is 0 Å². The number of carbonyl (C=O) groups excluding carboxylic acids is 4. The standard InChI is InChI=1S/C48H52BrFN13O6P/c1-60-26-30(24-54-60)32-22-38(57-48-53-25-33(49)45(59-48)55-36-8-7-35-43(52-14-13-51-35)44(36)70(3,4)68)40(69-2)23-39(32)62-17-19-63(20-18-62)42(65)27-61-15-11-28(12-16-61)29-5-6-31(34(50)21-29)46(66)56-37-9-10-41(64)58-47(37)67/h5-8,13-14,21-26,28,37H,9-12,15-20,27H2,1-4H3,(H,56,66)(H,58,64,67)(H2,53,55,57,59). The number of likely N-dealkylation sites (tertiary alicyclic amines) is 1. The Morgan fingerprint density at radius 2 is 1.70 bits per heavy atom. The monoisotopic (exact) mass is 1040 g/mol. The second kappa shape index (κ2) is 20.3. The van der Waals surface area contributed by atoms with Crippen molar-refractivity contribution in [2.75, 3.05) is 81.8 Å². The van der Waals surface area contributed by atoms with E-state index in [2.05, 4.69) is 67.0 Å². The van der Waals surface area contributed by atoms with Crippen LogP contribution in [0.25, 0.3) is 22.2 Å². The number of methoxy groups -OCH3 is 1. The van der Waals surface area contributed by atoms with E-state index in [1.807, 2.05) is 42.4 Å². The fraction of sp³-hybridized carbons (Fsp3) is 0.354. The predicted octanol–water partition coefficient (Wildman–Crippen LogP) is 5.53.